The van der Waals surface area contributed by atoms with Gasteiger partial charge in [0.25, 0.3) is 0 Å². The molecule has 4 heteroatoms. The molecule has 1 N–H and O–H groups in total. The van der Waals surface area contributed by atoms with Crippen LogP contribution < -0.4 is 5.32 Å². The average Bonchev–Trinajstić information content (AvgIpc) is 2.42. The van der Waals surface area contributed by atoms with Crippen molar-refractivity contribution in [2.45, 2.75) is 18.4 Å². The third-order valence-corrected chi connectivity index (χ3v) is 3.61. The number of carbonyl (C=O) groups excluding carboxylic acids is 1. The quantitative estimate of drug-likeness (QED) is 0.689. The van der Waals surface area contributed by atoms with E-state index in [0.717, 1.165) is 23.0 Å². The molecule has 1 aliphatic heterocycles. The molecule has 2 rings (SSSR count). The maximum atomic E-state index is 12.0. The molecule has 96 valence electrons. The number of rotatable bonds is 3. The summed E-state index contributed by atoms with van der Waals surface area (Å²) in [6.07, 6.45) is 5.16. The minimum Gasteiger partial charge on any atom is -0.468 e. The van der Waals surface area contributed by atoms with E-state index in [0.29, 0.717) is 0 Å². The van der Waals surface area contributed by atoms with E-state index >= 15 is 0 Å². The number of hydrogen-bond acceptors (Lipinski definition) is 3. The minimum absolute atomic E-state index is 0.00683. The highest BCUT2D eigenvalue weighted by atomic mass is 79.9. The first-order chi connectivity index (χ1) is 8.72. The maximum Gasteiger partial charge on any atom is 0.315 e. The van der Waals surface area contributed by atoms with Gasteiger partial charge in [0.15, 0.2) is 0 Å². The van der Waals surface area contributed by atoms with Crippen LogP contribution in [-0.4, -0.2) is 25.7 Å². The Kier molecular flexibility index (Phi) is 4.55. The second-order valence-corrected chi connectivity index (χ2v) is 5.16. The first kappa shape index (κ1) is 13.3. The molecule has 0 spiro atoms. The van der Waals surface area contributed by atoms with Gasteiger partial charge in [0.05, 0.1) is 7.11 Å². The van der Waals surface area contributed by atoms with E-state index in [-0.39, 0.29) is 17.9 Å². The van der Waals surface area contributed by atoms with Gasteiger partial charge in [-0.15, -0.1) is 0 Å². The summed E-state index contributed by atoms with van der Waals surface area (Å²) >= 11 is 3.40. The van der Waals surface area contributed by atoms with Crippen LogP contribution in [0, 0.1) is 0 Å². The van der Waals surface area contributed by atoms with Gasteiger partial charge in [-0.2, -0.15) is 0 Å². The van der Waals surface area contributed by atoms with Crippen LogP contribution in [0.2, 0.25) is 0 Å². The monoisotopic (exact) mass is 309 g/mol. The molecule has 0 amide bonds. The predicted octanol–water partition coefficient (Wildman–Crippen LogP) is 2.62. The van der Waals surface area contributed by atoms with Crippen LogP contribution in [0.1, 0.15) is 17.9 Å². The number of methoxy groups -OCH3 is 1. The van der Waals surface area contributed by atoms with Crippen molar-refractivity contribution in [1.29, 1.82) is 0 Å². The number of ether oxygens (including phenoxy) is 1. The van der Waals surface area contributed by atoms with Gasteiger partial charge in [-0.25, -0.2) is 0 Å². The van der Waals surface area contributed by atoms with Gasteiger partial charge in [0.1, 0.15) is 5.92 Å². The van der Waals surface area contributed by atoms with Gasteiger partial charge in [-0.3, -0.25) is 4.79 Å². The first-order valence-corrected chi connectivity index (χ1v) is 6.75. The van der Waals surface area contributed by atoms with Crippen molar-refractivity contribution in [2.75, 3.05) is 13.7 Å². The molecular formula is C14H16BrNO2. The fourth-order valence-electron chi connectivity index (χ4n) is 2.16. The summed E-state index contributed by atoms with van der Waals surface area (Å²) in [6, 6.07) is 7.80. The number of esters is 1. The smallest absolute Gasteiger partial charge is 0.315 e. The van der Waals surface area contributed by atoms with Crippen LogP contribution in [0.3, 0.4) is 0 Å². The third kappa shape index (κ3) is 3.00. The van der Waals surface area contributed by atoms with Crippen molar-refractivity contribution in [3.63, 3.8) is 0 Å². The Morgan fingerprint density at radius 3 is 2.72 bits per heavy atom. The Bertz CT molecular complexity index is 442. The molecule has 1 heterocycles. The van der Waals surface area contributed by atoms with Crippen LogP contribution in [0.4, 0.5) is 0 Å². The number of halogens is 1. The molecule has 1 aliphatic rings. The Morgan fingerprint density at radius 1 is 1.44 bits per heavy atom. The number of nitrogens with one attached hydrogen (secondary N) is 1. The second-order valence-electron chi connectivity index (χ2n) is 4.25. The number of carbonyl (C=O) groups is 1. The van der Waals surface area contributed by atoms with Crippen molar-refractivity contribution >= 4 is 21.9 Å². The van der Waals surface area contributed by atoms with Crippen molar-refractivity contribution in [1.82, 2.24) is 5.32 Å². The predicted molar refractivity (Wildman–Crippen MR) is 74.4 cm³/mol. The molecule has 3 nitrogen and oxygen atoms in total. The summed E-state index contributed by atoms with van der Waals surface area (Å²) in [4.78, 5) is 12.0. The molecule has 0 aliphatic carbocycles. The van der Waals surface area contributed by atoms with Gasteiger partial charge < -0.3 is 10.1 Å². The molecule has 0 aromatic heterocycles. The third-order valence-electron chi connectivity index (χ3n) is 3.08. The molecule has 18 heavy (non-hydrogen) atoms. The molecule has 0 saturated heterocycles. The Balaban J connectivity index is 2.29. The zero-order valence-corrected chi connectivity index (χ0v) is 11.8. The molecular weight excluding hydrogens is 294 g/mol. The lowest BCUT2D eigenvalue weighted by atomic mass is 9.90. The highest BCUT2D eigenvalue weighted by molar-refractivity contribution is 9.10. The van der Waals surface area contributed by atoms with Gasteiger partial charge >= 0.3 is 5.97 Å². The van der Waals surface area contributed by atoms with Crippen molar-refractivity contribution in [3.8, 4) is 0 Å². The molecule has 0 unspecified atom stereocenters. The van der Waals surface area contributed by atoms with Crippen LogP contribution >= 0.6 is 15.9 Å². The zero-order valence-electron chi connectivity index (χ0n) is 10.2. The summed E-state index contributed by atoms with van der Waals surface area (Å²) in [5, 5.41) is 3.35. The lowest BCUT2D eigenvalue weighted by Crippen LogP contribution is -2.39. The number of hydrogen-bond donors (Lipinski definition) is 1. The number of benzene rings is 1. The van der Waals surface area contributed by atoms with Gasteiger partial charge in [-0.05, 0) is 30.7 Å². The Labute approximate surface area is 115 Å². The second kappa shape index (κ2) is 6.16. The fraction of sp³-hybridized carbons (Fsp3) is 0.357. The molecule has 0 radical (unpaired) electrons. The fourth-order valence-corrected chi connectivity index (χ4v) is 2.42. The normalized spacial score (nSPS) is 20.4. The largest absolute Gasteiger partial charge is 0.468 e. The van der Waals surface area contributed by atoms with E-state index in [4.69, 9.17) is 4.74 Å². The van der Waals surface area contributed by atoms with E-state index < -0.39 is 0 Å². The lowest BCUT2D eigenvalue weighted by Gasteiger charge is -2.26. The van der Waals surface area contributed by atoms with Gasteiger partial charge in [0, 0.05) is 10.5 Å². The van der Waals surface area contributed by atoms with Crippen LogP contribution in [0.15, 0.2) is 40.9 Å². The highest BCUT2D eigenvalue weighted by Gasteiger charge is 2.29. The SMILES string of the molecule is COC(=O)[C@@H](c1ccc(Br)cc1)[C@H]1C=CCCN1. The summed E-state index contributed by atoms with van der Waals surface area (Å²) < 4.78 is 5.93. The zero-order chi connectivity index (χ0) is 13.0. The maximum absolute atomic E-state index is 12.0. The van der Waals surface area contributed by atoms with Crippen molar-refractivity contribution in [2.24, 2.45) is 0 Å². The Morgan fingerprint density at radius 2 is 2.17 bits per heavy atom. The average molecular weight is 310 g/mol. The first-order valence-electron chi connectivity index (χ1n) is 5.95. The molecule has 1 aromatic rings. The molecule has 1 aromatic carbocycles. The van der Waals surface area contributed by atoms with Crippen LogP contribution in [0.5, 0.6) is 0 Å². The van der Waals surface area contributed by atoms with E-state index in [1.165, 1.54) is 7.11 Å². The standard InChI is InChI=1S/C14H16BrNO2/c1-18-14(17)13(12-4-2-3-9-16-12)10-5-7-11(15)8-6-10/h2,4-8,12-13,16H,3,9H2,1H3/t12-,13+/m1/s1. The van der Waals surface area contributed by atoms with Crippen molar-refractivity contribution < 1.29 is 9.53 Å². The van der Waals surface area contributed by atoms with Crippen LogP contribution in [0.25, 0.3) is 0 Å². The van der Waals surface area contributed by atoms with E-state index in [2.05, 4.69) is 27.3 Å². The molecule has 0 fully saturated rings. The molecule has 0 saturated carbocycles. The summed E-state index contributed by atoms with van der Waals surface area (Å²) in [6.45, 7) is 0.894. The summed E-state index contributed by atoms with van der Waals surface area (Å²) in [5.41, 5.74) is 0.967. The molecule has 0 bridgehead atoms. The van der Waals surface area contributed by atoms with Crippen molar-refractivity contribution in [3.05, 3.63) is 46.5 Å². The minimum atomic E-state index is -0.292. The summed E-state index contributed by atoms with van der Waals surface area (Å²) in [5.74, 6) is -0.499. The lowest BCUT2D eigenvalue weighted by molar-refractivity contribution is -0.142. The van der Waals surface area contributed by atoms with Gasteiger partial charge in [0.2, 0.25) is 0 Å². The van der Waals surface area contributed by atoms with Crippen LogP contribution in [-0.2, 0) is 9.53 Å². The Hall–Kier alpha value is -1.13. The van der Waals surface area contributed by atoms with Gasteiger partial charge in [-0.1, -0.05) is 40.2 Å². The molecule has 2 atom stereocenters. The highest BCUT2D eigenvalue weighted by Crippen LogP contribution is 2.25. The topological polar surface area (TPSA) is 38.3 Å². The summed E-state index contributed by atoms with van der Waals surface area (Å²) in [7, 11) is 1.43. The van der Waals surface area contributed by atoms with E-state index in [1.54, 1.807) is 0 Å². The van der Waals surface area contributed by atoms with E-state index in [9.17, 15) is 4.79 Å². The van der Waals surface area contributed by atoms with E-state index in [1.807, 2.05) is 30.3 Å².